The average Bonchev–Trinajstić information content (AvgIpc) is 2.78. The highest BCUT2D eigenvalue weighted by molar-refractivity contribution is 5.92. The second-order valence-corrected chi connectivity index (χ2v) is 3.65. The van der Waals surface area contributed by atoms with E-state index in [-0.39, 0.29) is 0 Å². The maximum absolute atomic E-state index is 10.9. The fourth-order valence-corrected chi connectivity index (χ4v) is 1.50. The molecule has 2 rings (SSSR count). The summed E-state index contributed by atoms with van der Waals surface area (Å²) in [6.45, 7) is 0.961. The van der Waals surface area contributed by atoms with E-state index in [0.29, 0.717) is 18.7 Å². The lowest BCUT2D eigenvalue weighted by molar-refractivity contribution is 0.1000. The van der Waals surface area contributed by atoms with Gasteiger partial charge in [0.2, 0.25) is 0 Å². The Balaban J connectivity index is 2.16. The maximum atomic E-state index is 10.9. The van der Waals surface area contributed by atoms with Crippen LogP contribution >= 0.6 is 0 Å². The monoisotopic (exact) mass is 231 g/mol. The number of pyridine rings is 1. The summed E-state index contributed by atoms with van der Waals surface area (Å²) in [5, 5.41) is 4.05. The summed E-state index contributed by atoms with van der Waals surface area (Å²) < 4.78 is 1.65. The summed E-state index contributed by atoms with van der Waals surface area (Å²) in [6.07, 6.45) is 4.77. The molecule has 0 radical (unpaired) electrons. The zero-order valence-corrected chi connectivity index (χ0v) is 9.21. The zero-order valence-electron chi connectivity index (χ0n) is 9.21. The standard InChI is InChI=1S/C11H13N5O/c12-4-10-3-8(1-2-14-10)6-16-7-9(5-15-16)11(13)17/h1-3,5,7H,4,6,12H2,(H2,13,17). The van der Waals surface area contributed by atoms with Crippen LogP contribution in [0.25, 0.3) is 0 Å². The predicted molar refractivity (Wildman–Crippen MR) is 62.0 cm³/mol. The van der Waals surface area contributed by atoms with Gasteiger partial charge in [-0.15, -0.1) is 0 Å². The van der Waals surface area contributed by atoms with Crippen LogP contribution in [0, 0.1) is 0 Å². The van der Waals surface area contributed by atoms with Gasteiger partial charge in [0.1, 0.15) is 0 Å². The number of nitrogens with two attached hydrogens (primary N) is 2. The first-order chi connectivity index (χ1) is 8.19. The lowest BCUT2D eigenvalue weighted by Gasteiger charge is -2.03. The summed E-state index contributed by atoms with van der Waals surface area (Å²) in [5.41, 5.74) is 12.9. The second kappa shape index (κ2) is 4.75. The molecule has 2 heterocycles. The van der Waals surface area contributed by atoms with Crippen LogP contribution in [0.5, 0.6) is 0 Å². The van der Waals surface area contributed by atoms with E-state index in [2.05, 4.69) is 10.1 Å². The first-order valence-corrected chi connectivity index (χ1v) is 5.15. The van der Waals surface area contributed by atoms with E-state index in [9.17, 15) is 4.79 Å². The summed E-state index contributed by atoms with van der Waals surface area (Å²) in [6, 6.07) is 3.79. The molecular weight excluding hydrogens is 218 g/mol. The van der Waals surface area contributed by atoms with E-state index in [1.54, 1.807) is 17.1 Å². The third-order valence-corrected chi connectivity index (χ3v) is 2.35. The van der Waals surface area contributed by atoms with Crippen molar-refractivity contribution < 1.29 is 4.79 Å². The molecule has 0 aromatic carbocycles. The van der Waals surface area contributed by atoms with Gasteiger partial charge in [-0.3, -0.25) is 14.5 Å². The Morgan fingerprint density at radius 2 is 2.29 bits per heavy atom. The quantitative estimate of drug-likeness (QED) is 0.766. The highest BCUT2D eigenvalue weighted by atomic mass is 16.1. The number of nitrogens with zero attached hydrogens (tertiary/aromatic N) is 3. The Hall–Kier alpha value is -2.21. The Kier molecular flexibility index (Phi) is 3.15. The van der Waals surface area contributed by atoms with Gasteiger partial charge < -0.3 is 11.5 Å². The molecule has 0 saturated carbocycles. The van der Waals surface area contributed by atoms with Crippen molar-refractivity contribution in [2.24, 2.45) is 11.5 Å². The molecule has 6 heteroatoms. The molecule has 6 nitrogen and oxygen atoms in total. The van der Waals surface area contributed by atoms with E-state index in [4.69, 9.17) is 11.5 Å². The smallest absolute Gasteiger partial charge is 0.251 e. The molecule has 0 fully saturated rings. The second-order valence-electron chi connectivity index (χ2n) is 3.65. The molecule has 0 unspecified atom stereocenters. The fourth-order valence-electron chi connectivity index (χ4n) is 1.50. The molecule has 17 heavy (non-hydrogen) atoms. The number of carbonyl (C=O) groups is 1. The van der Waals surface area contributed by atoms with Crippen LogP contribution in [0.4, 0.5) is 0 Å². The van der Waals surface area contributed by atoms with Crippen LogP contribution < -0.4 is 11.5 Å². The van der Waals surface area contributed by atoms with E-state index in [1.807, 2.05) is 12.1 Å². The molecule has 1 amide bonds. The Labute approximate surface area is 98.3 Å². The molecule has 0 atom stereocenters. The lowest BCUT2D eigenvalue weighted by atomic mass is 10.2. The predicted octanol–water partition coefficient (Wildman–Crippen LogP) is -0.116. The molecule has 0 bridgehead atoms. The van der Waals surface area contributed by atoms with Gasteiger partial charge in [-0.2, -0.15) is 5.10 Å². The van der Waals surface area contributed by atoms with Crippen molar-refractivity contribution in [2.45, 2.75) is 13.1 Å². The molecule has 0 saturated heterocycles. The van der Waals surface area contributed by atoms with Crippen molar-refractivity contribution in [3.63, 3.8) is 0 Å². The van der Waals surface area contributed by atoms with Crippen LogP contribution in [0.15, 0.2) is 30.7 Å². The molecule has 88 valence electrons. The highest BCUT2D eigenvalue weighted by Crippen LogP contribution is 2.05. The molecule has 0 spiro atoms. The van der Waals surface area contributed by atoms with Gasteiger partial charge in [0.05, 0.1) is 24.0 Å². The number of rotatable bonds is 4. The number of amides is 1. The van der Waals surface area contributed by atoms with Gasteiger partial charge in [0.15, 0.2) is 0 Å². The van der Waals surface area contributed by atoms with Gasteiger partial charge in [0.25, 0.3) is 5.91 Å². The largest absolute Gasteiger partial charge is 0.366 e. The minimum Gasteiger partial charge on any atom is -0.366 e. The summed E-state index contributed by atoms with van der Waals surface area (Å²) in [5.74, 6) is -0.478. The zero-order chi connectivity index (χ0) is 12.3. The van der Waals surface area contributed by atoms with Gasteiger partial charge >= 0.3 is 0 Å². The van der Waals surface area contributed by atoms with Crippen LogP contribution in [0.2, 0.25) is 0 Å². The molecule has 0 aliphatic heterocycles. The minimum atomic E-state index is -0.478. The third-order valence-electron chi connectivity index (χ3n) is 2.35. The summed E-state index contributed by atoms with van der Waals surface area (Å²) >= 11 is 0. The number of carbonyl (C=O) groups excluding carboxylic acids is 1. The van der Waals surface area contributed by atoms with Crippen molar-refractivity contribution in [3.8, 4) is 0 Å². The summed E-state index contributed by atoms with van der Waals surface area (Å²) in [7, 11) is 0. The molecule has 2 aromatic heterocycles. The number of primary amides is 1. The SMILES string of the molecule is NCc1cc(Cn2cc(C(N)=O)cn2)ccn1. The molecular formula is C11H13N5O. The number of hydrogen-bond donors (Lipinski definition) is 2. The number of aromatic nitrogens is 3. The molecule has 0 aliphatic carbocycles. The lowest BCUT2D eigenvalue weighted by Crippen LogP contribution is -2.09. The van der Waals surface area contributed by atoms with Crippen LogP contribution in [0.3, 0.4) is 0 Å². The Bertz CT molecular complexity index is 534. The van der Waals surface area contributed by atoms with Crippen molar-refractivity contribution >= 4 is 5.91 Å². The molecule has 0 aliphatic rings. The van der Waals surface area contributed by atoms with Crippen LogP contribution in [0.1, 0.15) is 21.6 Å². The van der Waals surface area contributed by atoms with Gasteiger partial charge in [-0.25, -0.2) is 0 Å². The van der Waals surface area contributed by atoms with Gasteiger partial charge in [-0.1, -0.05) is 0 Å². The topological polar surface area (TPSA) is 99.8 Å². The molecule has 4 N–H and O–H groups in total. The minimum absolute atomic E-state index is 0.401. The van der Waals surface area contributed by atoms with E-state index in [0.717, 1.165) is 11.3 Å². The fraction of sp³-hybridized carbons (Fsp3) is 0.182. The Morgan fingerprint density at radius 1 is 1.47 bits per heavy atom. The van der Waals surface area contributed by atoms with E-state index < -0.39 is 5.91 Å². The van der Waals surface area contributed by atoms with Crippen molar-refractivity contribution in [3.05, 3.63) is 47.5 Å². The van der Waals surface area contributed by atoms with Gasteiger partial charge in [0, 0.05) is 18.9 Å². The van der Waals surface area contributed by atoms with E-state index >= 15 is 0 Å². The Morgan fingerprint density at radius 3 is 2.94 bits per heavy atom. The highest BCUT2D eigenvalue weighted by Gasteiger charge is 2.04. The average molecular weight is 231 g/mol. The van der Waals surface area contributed by atoms with Crippen molar-refractivity contribution in [1.82, 2.24) is 14.8 Å². The van der Waals surface area contributed by atoms with Gasteiger partial charge in [-0.05, 0) is 17.7 Å². The molecule has 2 aromatic rings. The first kappa shape index (κ1) is 11.3. The van der Waals surface area contributed by atoms with Crippen LogP contribution in [-0.4, -0.2) is 20.7 Å². The van der Waals surface area contributed by atoms with E-state index in [1.165, 1.54) is 6.20 Å². The number of hydrogen-bond acceptors (Lipinski definition) is 4. The normalized spacial score (nSPS) is 10.4. The first-order valence-electron chi connectivity index (χ1n) is 5.15. The third kappa shape index (κ3) is 2.67. The summed E-state index contributed by atoms with van der Waals surface area (Å²) in [4.78, 5) is 15.0. The maximum Gasteiger partial charge on any atom is 0.251 e. The van der Waals surface area contributed by atoms with Crippen LogP contribution in [-0.2, 0) is 13.1 Å². The van der Waals surface area contributed by atoms with Crippen molar-refractivity contribution in [1.29, 1.82) is 0 Å². The van der Waals surface area contributed by atoms with Crippen molar-refractivity contribution in [2.75, 3.05) is 0 Å².